The van der Waals surface area contributed by atoms with Crippen LogP contribution in [0.4, 0.5) is 0 Å². The second-order valence-corrected chi connectivity index (χ2v) is 6.36. The summed E-state index contributed by atoms with van der Waals surface area (Å²) in [7, 11) is 0. The molecule has 2 unspecified atom stereocenters. The minimum atomic E-state index is 0.0641. The third-order valence-corrected chi connectivity index (χ3v) is 5.13. The first-order valence-electron chi connectivity index (χ1n) is 8.37. The molecule has 3 heterocycles. The number of aliphatic imine (C=N–C) groups is 1. The van der Waals surface area contributed by atoms with Crippen molar-refractivity contribution in [1.82, 2.24) is 4.90 Å². The van der Waals surface area contributed by atoms with E-state index in [1.165, 1.54) is 11.1 Å². The Kier molecular flexibility index (Phi) is 3.40. The predicted octanol–water partition coefficient (Wildman–Crippen LogP) is 2.77. The molecule has 4 nitrogen and oxygen atoms in total. The fraction of sp³-hybridized carbons (Fsp3) is 0.556. The molecule has 4 rings (SSSR count). The number of carbonyl (C=O) groups is 1. The van der Waals surface area contributed by atoms with Crippen LogP contribution in [0.3, 0.4) is 0 Å². The summed E-state index contributed by atoms with van der Waals surface area (Å²) >= 11 is 0. The number of hydrogen-bond donors (Lipinski definition) is 0. The molecular weight excluding hydrogens is 276 g/mol. The van der Waals surface area contributed by atoms with E-state index in [2.05, 4.69) is 22.0 Å². The molecule has 0 saturated carbocycles. The second-order valence-electron chi connectivity index (χ2n) is 6.36. The SMILES string of the molecule is CCOc1ccc2c(c1)CCN1C(=O)C3CCCN=C3CC21. The molecule has 1 amide bonds. The van der Waals surface area contributed by atoms with Gasteiger partial charge in [0.15, 0.2) is 0 Å². The molecule has 0 N–H and O–H groups in total. The molecule has 3 aliphatic rings. The third kappa shape index (κ3) is 2.13. The molecule has 2 atom stereocenters. The van der Waals surface area contributed by atoms with Gasteiger partial charge in [0, 0.05) is 25.2 Å². The summed E-state index contributed by atoms with van der Waals surface area (Å²) < 4.78 is 5.61. The Labute approximate surface area is 131 Å². The highest BCUT2D eigenvalue weighted by atomic mass is 16.5. The Bertz CT molecular complexity index is 638. The van der Waals surface area contributed by atoms with Crippen LogP contribution in [-0.4, -0.2) is 36.2 Å². The number of nitrogens with zero attached hydrogens (tertiary/aromatic N) is 2. The number of rotatable bonds is 2. The third-order valence-electron chi connectivity index (χ3n) is 5.13. The molecule has 1 fully saturated rings. The fourth-order valence-corrected chi connectivity index (χ4v) is 4.09. The van der Waals surface area contributed by atoms with Gasteiger partial charge < -0.3 is 9.64 Å². The van der Waals surface area contributed by atoms with E-state index in [9.17, 15) is 4.79 Å². The van der Waals surface area contributed by atoms with Gasteiger partial charge in [-0.3, -0.25) is 9.79 Å². The lowest BCUT2D eigenvalue weighted by molar-refractivity contribution is -0.138. The molecule has 0 aromatic heterocycles. The van der Waals surface area contributed by atoms with E-state index < -0.39 is 0 Å². The smallest absolute Gasteiger partial charge is 0.231 e. The van der Waals surface area contributed by atoms with Crippen molar-refractivity contribution in [2.45, 2.75) is 38.6 Å². The lowest BCUT2D eigenvalue weighted by Crippen LogP contribution is -2.51. The molecule has 22 heavy (non-hydrogen) atoms. The normalized spacial score (nSPS) is 26.7. The first-order chi connectivity index (χ1) is 10.8. The predicted molar refractivity (Wildman–Crippen MR) is 85.4 cm³/mol. The van der Waals surface area contributed by atoms with Crippen molar-refractivity contribution < 1.29 is 9.53 Å². The maximum atomic E-state index is 12.8. The average Bonchev–Trinajstić information content (AvgIpc) is 2.55. The quantitative estimate of drug-likeness (QED) is 0.842. The molecule has 1 saturated heterocycles. The summed E-state index contributed by atoms with van der Waals surface area (Å²) in [4.78, 5) is 19.5. The zero-order valence-corrected chi connectivity index (χ0v) is 13.0. The topological polar surface area (TPSA) is 41.9 Å². The average molecular weight is 298 g/mol. The Hall–Kier alpha value is -1.84. The molecule has 3 aliphatic heterocycles. The standard InChI is InChI=1S/C18H22N2O2/c1-2-22-13-5-6-14-12(10-13)7-9-20-17(14)11-16-15(18(20)21)4-3-8-19-16/h5-6,10,15,17H,2-4,7-9,11H2,1H3. The minimum Gasteiger partial charge on any atom is -0.494 e. The van der Waals surface area contributed by atoms with E-state index in [1.54, 1.807) is 0 Å². The maximum absolute atomic E-state index is 12.8. The largest absolute Gasteiger partial charge is 0.494 e. The lowest BCUT2D eigenvalue weighted by atomic mass is 9.79. The Morgan fingerprint density at radius 3 is 3.18 bits per heavy atom. The van der Waals surface area contributed by atoms with Gasteiger partial charge in [-0.25, -0.2) is 0 Å². The van der Waals surface area contributed by atoms with Gasteiger partial charge in [0.1, 0.15) is 5.75 Å². The number of amides is 1. The van der Waals surface area contributed by atoms with Crippen molar-refractivity contribution in [3.63, 3.8) is 0 Å². The van der Waals surface area contributed by atoms with Crippen LogP contribution in [0.1, 0.15) is 43.4 Å². The van der Waals surface area contributed by atoms with Gasteiger partial charge in [-0.05, 0) is 49.4 Å². The highest BCUT2D eigenvalue weighted by molar-refractivity contribution is 6.07. The van der Waals surface area contributed by atoms with Crippen LogP contribution in [-0.2, 0) is 11.2 Å². The van der Waals surface area contributed by atoms with Crippen LogP contribution in [0, 0.1) is 5.92 Å². The summed E-state index contributed by atoms with van der Waals surface area (Å²) in [6.07, 6.45) is 3.87. The van der Waals surface area contributed by atoms with E-state index in [4.69, 9.17) is 4.74 Å². The van der Waals surface area contributed by atoms with E-state index in [0.717, 1.165) is 50.2 Å². The van der Waals surface area contributed by atoms with Gasteiger partial charge in [0.2, 0.25) is 5.91 Å². The Morgan fingerprint density at radius 2 is 2.32 bits per heavy atom. The van der Waals surface area contributed by atoms with Gasteiger partial charge in [-0.15, -0.1) is 0 Å². The summed E-state index contributed by atoms with van der Waals surface area (Å²) in [5.41, 5.74) is 3.75. The van der Waals surface area contributed by atoms with Crippen molar-refractivity contribution >= 4 is 11.6 Å². The van der Waals surface area contributed by atoms with Gasteiger partial charge in [-0.2, -0.15) is 0 Å². The first kappa shape index (κ1) is 13.8. The summed E-state index contributed by atoms with van der Waals surface area (Å²) in [5.74, 6) is 1.30. The number of carbonyl (C=O) groups excluding carboxylic acids is 1. The van der Waals surface area contributed by atoms with Crippen LogP contribution in [0.15, 0.2) is 23.2 Å². The molecule has 0 aliphatic carbocycles. The molecule has 0 bridgehead atoms. The fourth-order valence-electron chi connectivity index (χ4n) is 4.09. The summed E-state index contributed by atoms with van der Waals surface area (Å²) in [6, 6.07) is 6.51. The van der Waals surface area contributed by atoms with Gasteiger partial charge in [-0.1, -0.05) is 6.07 Å². The van der Waals surface area contributed by atoms with Crippen LogP contribution in [0.2, 0.25) is 0 Å². The van der Waals surface area contributed by atoms with Crippen molar-refractivity contribution in [3.05, 3.63) is 29.3 Å². The maximum Gasteiger partial charge on any atom is 0.231 e. The highest BCUT2D eigenvalue weighted by Gasteiger charge is 2.42. The van der Waals surface area contributed by atoms with Crippen molar-refractivity contribution in [1.29, 1.82) is 0 Å². The Balaban J connectivity index is 1.69. The highest BCUT2D eigenvalue weighted by Crippen LogP contribution is 2.40. The second kappa shape index (κ2) is 5.41. The monoisotopic (exact) mass is 298 g/mol. The van der Waals surface area contributed by atoms with Gasteiger partial charge >= 0.3 is 0 Å². The molecule has 0 radical (unpaired) electrons. The molecule has 116 valence electrons. The summed E-state index contributed by atoms with van der Waals surface area (Å²) in [6.45, 7) is 4.41. The van der Waals surface area contributed by atoms with Crippen LogP contribution < -0.4 is 4.74 Å². The van der Waals surface area contributed by atoms with Gasteiger partial charge in [0.25, 0.3) is 0 Å². The van der Waals surface area contributed by atoms with E-state index in [1.807, 2.05) is 13.0 Å². The number of ether oxygens (including phenoxy) is 1. The molecule has 0 spiro atoms. The molecular formula is C18H22N2O2. The first-order valence-corrected chi connectivity index (χ1v) is 8.37. The van der Waals surface area contributed by atoms with E-state index in [0.29, 0.717) is 12.5 Å². The zero-order valence-electron chi connectivity index (χ0n) is 13.0. The van der Waals surface area contributed by atoms with Crippen molar-refractivity contribution in [2.24, 2.45) is 10.9 Å². The number of hydrogen-bond acceptors (Lipinski definition) is 3. The van der Waals surface area contributed by atoms with Crippen molar-refractivity contribution in [2.75, 3.05) is 19.7 Å². The minimum absolute atomic E-state index is 0.0641. The number of fused-ring (bicyclic) bond motifs is 4. The zero-order chi connectivity index (χ0) is 15.1. The van der Waals surface area contributed by atoms with E-state index in [-0.39, 0.29) is 12.0 Å². The van der Waals surface area contributed by atoms with E-state index >= 15 is 0 Å². The number of piperidine rings is 1. The number of benzene rings is 1. The van der Waals surface area contributed by atoms with Gasteiger partial charge in [0.05, 0.1) is 18.6 Å². The Morgan fingerprint density at radius 1 is 1.41 bits per heavy atom. The molecule has 1 aromatic carbocycles. The van der Waals surface area contributed by atoms with Crippen molar-refractivity contribution in [3.8, 4) is 5.75 Å². The van der Waals surface area contributed by atoms with Crippen LogP contribution in [0.25, 0.3) is 0 Å². The lowest BCUT2D eigenvalue weighted by Gasteiger charge is -2.44. The molecule has 1 aromatic rings. The summed E-state index contributed by atoms with van der Waals surface area (Å²) in [5, 5.41) is 0. The van der Waals surface area contributed by atoms with Crippen LogP contribution in [0.5, 0.6) is 5.75 Å². The van der Waals surface area contributed by atoms with Crippen LogP contribution >= 0.6 is 0 Å². The molecule has 4 heteroatoms.